The van der Waals surface area contributed by atoms with Gasteiger partial charge in [-0.1, -0.05) is 6.07 Å². The first-order chi connectivity index (χ1) is 8.95. The molecule has 0 unspecified atom stereocenters. The average molecular weight is 258 g/mol. The molecule has 0 fully saturated rings. The Balaban J connectivity index is 2.05. The summed E-state index contributed by atoms with van der Waals surface area (Å²) in [5.74, 6) is 1.12. The number of nitrogens with zero attached hydrogens (tertiary/aromatic N) is 1. The van der Waals surface area contributed by atoms with Crippen molar-refractivity contribution in [1.82, 2.24) is 4.98 Å². The zero-order valence-corrected chi connectivity index (χ0v) is 11.7. The summed E-state index contributed by atoms with van der Waals surface area (Å²) in [7, 11) is 0. The van der Waals surface area contributed by atoms with Gasteiger partial charge >= 0.3 is 0 Å². The van der Waals surface area contributed by atoms with E-state index in [0.717, 1.165) is 16.9 Å². The lowest BCUT2D eigenvalue weighted by atomic mass is 10.1. The number of carbonyl (C=O) groups excluding carboxylic acids is 1. The van der Waals surface area contributed by atoms with Crippen molar-refractivity contribution in [3.63, 3.8) is 0 Å². The monoisotopic (exact) mass is 258 g/mol. The first-order valence-electron chi connectivity index (χ1n) is 6.25. The normalized spacial score (nSPS) is 10.5. The van der Waals surface area contributed by atoms with Crippen molar-refractivity contribution in [3.8, 4) is 0 Å². The topological polar surface area (TPSA) is 55.1 Å². The van der Waals surface area contributed by atoms with Crippen molar-refractivity contribution in [1.29, 1.82) is 0 Å². The molecule has 4 nitrogen and oxygen atoms in total. The van der Waals surface area contributed by atoms with Crippen LogP contribution in [0, 0.1) is 27.7 Å². The smallest absolute Gasteiger partial charge is 0.232 e. The van der Waals surface area contributed by atoms with E-state index in [9.17, 15) is 4.79 Å². The third kappa shape index (κ3) is 3.22. The second kappa shape index (κ2) is 5.26. The molecule has 2 aromatic rings. The second-order valence-electron chi connectivity index (χ2n) is 4.77. The Morgan fingerprint density at radius 3 is 2.53 bits per heavy atom. The van der Waals surface area contributed by atoms with Gasteiger partial charge in [0.1, 0.15) is 5.76 Å². The predicted octanol–water partition coefficient (Wildman–Crippen LogP) is 3.09. The third-order valence-corrected chi connectivity index (χ3v) is 3.11. The fraction of sp³-hybridized carbons (Fsp3) is 0.333. The highest BCUT2D eigenvalue weighted by molar-refractivity contribution is 5.92. The fourth-order valence-corrected chi connectivity index (χ4v) is 1.91. The van der Waals surface area contributed by atoms with Gasteiger partial charge in [-0.05, 0) is 44.0 Å². The van der Waals surface area contributed by atoms with Crippen LogP contribution in [0.3, 0.4) is 0 Å². The number of oxazole rings is 1. The molecule has 0 spiro atoms. The average Bonchev–Trinajstić information content (AvgIpc) is 2.62. The summed E-state index contributed by atoms with van der Waals surface area (Å²) in [6, 6.07) is 5.86. The summed E-state index contributed by atoms with van der Waals surface area (Å²) < 4.78 is 5.39. The van der Waals surface area contributed by atoms with Crippen LogP contribution in [0.15, 0.2) is 22.6 Å². The first kappa shape index (κ1) is 13.3. The molecule has 0 saturated carbocycles. The van der Waals surface area contributed by atoms with Crippen molar-refractivity contribution in [2.45, 2.75) is 34.1 Å². The number of benzene rings is 1. The molecule has 0 aliphatic carbocycles. The van der Waals surface area contributed by atoms with Crippen LogP contribution in [0.25, 0.3) is 0 Å². The van der Waals surface area contributed by atoms with Gasteiger partial charge < -0.3 is 9.73 Å². The number of nitrogens with one attached hydrogen (secondary N) is 1. The molecule has 4 heteroatoms. The number of anilines is 1. The van der Waals surface area contributed by atoms with Crippen LogP contribution < -0.4 is 5.32 Å². The number of hydrogen-bond acceptors (Lipinski definition) is 3. The van der Waals surface area contributed by atoms with E-state index in [2.05, 4.69) is 10.3 Å². The lowest BCUT2D eigenvalue weighted by Gasteiger charge is -2.07. The Morgan fingerprint density at radius 1 is 1.21 bits per heavy atom. The number of carbonyl (C=O) groups is 1. The Kier molecular flexibility index (Phi) is 3.69. The van der Waals surface area contributed by atoms with Crippen molar-refractivity contribution in [3.05, 3.63) is 46.7 Å². The molecule has 1 N–H and O–H groups in total. The Labute approximate surface area is 112 Å². The molecule has 0 aliphatic heterocycles. The van der Waals surface area contributed by atoms with Crippen LogP contribution in [0.4, 0.5) is 5.69 Å². The summed E-state index contributed by atoms with van der Waals surface area (Å²) in [6.07, 6.45) is 0.208. The van der Waals surface area contributed by atoms with Crippen molar-refractivity contribution < 1.29 is 9.21 Å². The summed E-state index contributed by atoms with van der Waals surface area (Å²) >= 11 is 0. The molecule has 19 heavy (non-hydrogen) atoms. The van der Waals surface area contributed by atoms with Crippen molar-refractivity contribution in [2.75, 3.05) is 5.32 Å². The first-order valence-corrected chi connectivity index (χ1v) is 6.25. The number of rotatable bonds is 3. The maximum absolute atomic E-state index is 11.9. The lowest BCUT2D eigenvalue weighted by molar-refractivity contribution is -0.115. The van der Waals surface area contributed by atoms with E-state index in [0.29, 0.717) is 11.7 Å². The Hall–Kier alpha value is -2.10. The summed E-state index contributed by atoms with van der Waals surface area (Å²) in [5, 5.41) is 2.87. The molecule has 0 saturated heterocycles. The van der Waals surface area contributed by atoms with Crippen LogP contribution in [0.2, 0.25) is 0 Å². The minimum Gasteiger partial charge on any atom is -0.445 e. The summed E-state index contributed by atoms with van der Waals surface area (Å²) in [6.45, 7) is 7.68. The van der Waals surface area contributed by atoms with E-state index in [1.165, 1.54) is 5.56 Å². The molecule has 1 aromatic heterocycles. The van der Waals surface area contributed by atoms with Crippen molar-refractivity contribution >= 4 is 11.6 Å². The van der Waals surface area contributed by atoms with Gasteiger partial charge in [0.15, 0.2) is 5.89 Å². The highest BCUT2D eigenvalue weighted by Crippen LogP contribution is 2.15. The van der Waals surface area contributed by atoms with Gasteiger partial charge in [-0.25, -0.2) is 4.98 Å². The molecular weight excluding hydrogens is 240 g/mol. The molecule has 0 aliphatic rings. The highest BCUT2D eigenvalue weighted by atomic mass is 16.4. The summed E-state index contributed by atoms with van der Waals surface area (Å²) in [5.41, 5.74) is 3.94. The number of aryl methyl sites for hydroxylation is 4. The molecule has 1 amide bonds. The number of aromatic nitrogens is 1. The zero-order valence-electron chi connectivity index (χ0n) is 11.7. The summed E-state index contributed by atoms with van der Waals surface area (Å²) in [4.78, 5) is 16.1. The van der Waals surface area contributed by atoms with Gasteiger partial charge in [-0.2, -0.15) is 0 Å². The molecule has 100 valence electrons. The largest absolute Gasteiger partial charge is 0.445 e. The van der Waals surface area contributed by atoms with Crippen molar-refractivity contribution in [2.24, 2.45) is 0 Å². The maximum atomic E-state index is 11.9. The zero-order chi connectivity index (χ0) is 14.0. The van der Waals surface area contributed by atoms with E-state index >= 15 is 0 Å². The third-order valence-electron chi connectivity index (χ3n) is 3.11. The Bertz CT molecular complexity index is 615. The van der Waals surface area contributed by atoms with Crippen LogP contribution in [-0.4, -0.2) is 10.9 Å². The quantitative estimate of drug-likeness (QED) is 0.920. The molecule has 2 rings (SSSR count). The van der Waals surface area contributed by atoms with Crippen LogP contribution in [0.5, 0.6) is 0 Å². The van der Waals surface area contributed by atoms with E-state index < -0.39 is 0 Å². The van der Waals surface area contributed by atoms with Gasteiger partial charge in [0.2, 0.25) is 5.91 Å². The van der Waals surface area contributed by atoms with Gasteiger partial charge in [-0.3, -0.25) is 4.79 Å². The van der Waals surface area contributed by atoms with Crippen LogP contribution >= 0.6 is 0 Å². The molecule has 0 radical (unpaired) electrons. The minimum absolute atomic E-state index is 0.0949. The molecule has 1 aromatic carbocycles. The Morgan fingerprint density at radius 2 is 1.95 bits per heavy atom. The lowest BCUT2D eigenvalue weighted by Crippen LogP contribution is -2.14. The SMILES string of the molecule is Cc1nc(C)c(CC(=O)Nc2ccc(C)c(C)c2)o1. The molecular formula is C15H18N2O2. The van der Waals surface area contributed by atoms with E-state index in [-0.39, 0.29) is 12.3 Å². The minimum atomic E-state index is -0.0949. The maximum Gasteiger partial charge on any atom is 0.232 e. The van der Waals surface area contributed by atoms with E-state index in [4.69, 9.17) is 4.42 Å². The van der Waals surface area contributed by atoms with Gasteiger partial charge in [-0.15, -0.1) is 0 Å². The van der Waals surface area contributed by atoms with E-state index in [1.54, 1.807) is 6.92 Å². The number of amides is 1. The van der Waals surface area contributed by atoms with Gasteiger partial charge in [0, 0.05) is 12.6 Å². The molecule has 1 heterocycles. The highest BCUT2D eigenvalue weighted by Gasteiger charge is 2.12. The van der Waals surface area contributed by atoms with Gasteiger partial charge in [0.05, 0.1) is 12.1 Å². The van der Waals surface area contributed by atoms with E-state index in [1.807, 2.05) is 39.0 Å². The standard InChI is InChI=1S/C15H18N2O2/c1-9-5-6-13(7-10(9)2)17-15(18)8-14-11(3)16-12(4)19-14/h5-7H,8H2,1-4H3,(H,17,18). The van der Waals surface area contributed by atoms with Gasteiger partial charge in [0.25, 0.3) is 0 Å². The number of hydrogen-bond donors (Lipinski definition) is 1. The molecule has 0 bridgehead atoms. The fourth-order valence-electron chi connectivity index (χ4n) is 1.91. The second-order valence-corrected chi connectivity index (χ2v) is 4.77. The predicted molar refractivity (Wildman–Crippen MR) is 74.2 cm³/mol. The molecule has 0 atom stereocenters. The van der Waals surface area contributed by atoms with Crippen LogP contribution in [-0.2, 0) is 11.2 Å². The van der Waals surface area contributed by atoms with Crippen LogP contribution in [0.1, 0.15) is 28.5 Å².